The summed E-state index contributed by atoms with van der Waals surface area (Å²) in [7, 11) is 0. The maximum Gasteiger partial charge on any atom is 0.123 e. The average Bonchev–Trinajstić information content (AvgIpc) is 3.21. The number of benzene rings is 2. The van der Waals surface area contributed by atoms with Gasteiger partial charge in [-0.25, -0.2) is 13.8 Å². The number of hydrogen-bond acceptors (Lipinski definition) is 3. The van der Waals surface area contributed by atoms with E-state index in [1.165, 1.54) is 23.8 Å². The number of nitrogens with zero attached hydrogens (tertiary/aromatic N) is 2. The van der Waals surface area contributed by atoms with E-state index in [4.69, 9.17) is 0 Å². The van der Waals surface area contributed by atoms with Crippen LogP contribution < -0.4 is 5.32 Å². The van der Waals surface area contributed by atoms with Crippen LogP contribution in [0, 0.1) is 11.6 Å². The zero-order valence-corrected chi connectivity index (χ0v) is 15.7. The molecule has 0 fully saturated rings. The lowest BCUT2D eigenvalue weighted by atomic mass is 9.90. The molecule has 0 radical (unpaired) electrons. The summed E-state index contributed by atoms with van der Waals surface area (Å²) in [5, 5.41) is 3.42. The van der Waals surface area contributed by atoms with Gasteiger partial charge in [-0.05, 0) is 53.8 Å². The number of rotatable bonds is 7. The summed E-state index contributed by atoms with van der Waals surface area (Å²) in [5.41, 5.74) is 3.36. The highest BCUT2D eigenvalue weighted by Gasteiger charge is 2.26. The summed E-state index contributed by atoms with van der Waals surface area (Å²) in [6, 6.07) is 12.0. The van der Waals surface area contributed by atoms with E-state index in [1.807, 2.05) is 24.4 Å². The molecule has 0 saturated heterocycles. The number of aromatic amines is 1. The van der Waals surface area contributed by atoms with Gasteiger partial charge in [-0.15, -0.1) is 0 Å². The van der Waals surface area contributed by atoms with Crippen LogP contribution in [-0.2, 0) is 25.9 Å². The average molecular weight is 382 g/mol. The maximum atomic E-state index is 13.7. The van der Waals surface area contributed by atoms with Crippen LogP contribution in [0.5, 0.6) is 0 Å². The molecular weight excluding hydrogens is 358 g/mol. The van der Waals surface area contributed by atoms with Crippen molar-refractivity contribution in [3.63, 3.8) is 0 Å². The second-order valence-electron chi connectivity index (χ2n) is 7.28. The molecule has 6 heteroatoms. The van der Waals surface area contributed by atoms with E-state index in [0.717, 1.165) is 49.4 Å². The maximum absolute atomic E-state index is 13.7. The fourth-order valence-electron chi connectivity index (χ4n) is 3.85. The third-order valence-electron chi connectivity index (χ3n) is 5.32. The molecule has 3 aromatic rings. The van der Waals surface area contributed by atoms with Crippen LogP contribution in [0.1, 0.15) is 22.5 Å². The Morgan fingerprint density at radius 3 is 2.68 bits per heavy atom. The number of imidazole rings is 1. The van der Waals surface area contributed by atoms with E-state index in [0.29, 0.717) is 6.54 Å². The molecule has 146 valence electrons. The van der Waals surface area contributed by atoms with Crippen molar-refractivity contribution >= 4 is 0 Å². The Hall–Kier alpha value is -2.57. The van der Waals surface area contributed by atoms with Crippen molar-refractivity contribution in [1.82, 2.24) is 20.2 Å². The normalized spacial score (nSPS) is 16.9. The van der Waals surface area contributed by atoms with Gasteiger partial charge in [-0.3, -0.25) is 4.90 Å². The minimum atomic E-state index is -0.223. The van der Waals surface area contributed by atoms with E-state index < -0.39 is 0 Å². The van der Waals surface area contributed by atoms with Crippen LogP contribution in [0.3, 0.4) is 0 Å². The van der Waals surface area contributed by atoms with Gasteiger partial charge in [-0.1, -0.05) is 18.2 Å². The molecular formula is C22H24F2N4. The highest BCUT2D eigenvalue weighted by molar-refractivity contribution is 5.32. The minimum absolute atomic E-state index is 0.187. The molecule has 0 amide bonds. The van der Waals surface area contributed by atoms with Crippen LogP contribution in [0.2, 0.25) is 0 Å². The third kappa shape index (κ3) is 4.64. The summed E-state index contributed by atoms with van der Waals surface area (Å²) >= 11 is 0. The van der Waals surface area contributed by atoms with Gasteiger partial charge in [-0.2, -0.15) is 0 Å². The molecule has 4 nitrogen and oxygen atoms in total. The Kier molecular flexibility index (Phi) is 5.78. The van der Waals surface area contributed by atoms with Crippen molar-refractivity contribution in [3.05, 3.63) is 89.0 Å². The van der Waals surface area contributed by atoms with Crippen LogP contribution in [-0.4, -0.2) is 34.0 Å². The molecule has 0 spiro atoms. The molecule has 1 aliphatic rings. The van der Waals surface area contributed by atoms with Crippen molar-refractivity contribution < 1.29 is 8.78 Å². The van der Waals surface area contributed by atoms with Gasteiger partial charge in [0.2, 0.25) is 0 Å². The summed E-state index contributed by atoms with van der Waals surface area (Å²) < 4.78 is 26.9. The third-order valence-corrected chi connectivity index (χ3v) is 5.32. The van der Waals surface area contributed by atoms with Crippen molar-refractivity contribution in [1.29, 1.82) is 0 Å². The Morgan fingerprint density at radius 2 is 1.89 bits per heavy atom. The lowest BCUT2D eigenvalue weighted by molar-refractivity contribution is 0.170. The molecule has 1 atom stereocenters. The van der Waals surface area contributed by atoms with Gasteiger partial charge in [0.25, 0.3) is 0 Å². The molecule has 2 aromatic carbocycles. The van der Waals surface area contributed by atoms with Crippen LogP contribution >= 0.6 is 0 Å². The minimum Gasteiger partial charge on any atom is -0.348 e. The zero-order chi connectivity index (χ0) is 19.3. The fraction of sp³-hybridized carbons (Fsp3) is 0.318. The van der Waals surface area contributed by atoms with Crippen molar-refractivity contribution in [2.24, 2.45) is 0 Å². The summed E-state index contributed by atoms with van der Waals surface area (Å²) in [6.45, 7) is 3.20. The first-order valence-electron chi connectivity index (χ1n) is 9.62. The first-order valence-corrected chi connectivity index (χ1v) is 9.62. The predicted molar refractivity (Wildman–Crippen MR) is 105 cm³/mol. The molecule has 1 aliphatic heterocycles. The summed E-state index contributed by atoms with van der Waals surface area (Å²) in [4.78, 5) is 9.73. The first kappa shape index (κ1) is 18.8. The Bertz CT molecular complexity index is 893. The van der Waals surface area contributed by atoms with Gasteiger partial charge in [0.05, 0.1) is 6.54 Å². The first-order chi connectivity index (χ1) is 13.7. The van der Waals surface area contributed by atoms with E-state index in [9.17, 15) is 8.78 Å². The topological polar surface area (TPSA) is 44.0 Å². The lowest BCUT2D eigenvalue weighted by Gasteiger charge is -2.37. The Balaban J connectivity index is 1.43. The van der Waals surface area contributed by atoms with Gasteiger partial charge < -0.3 is 10.3 Å². The van der Waals surface area contributed by atoms with Crippen LogP contribution in [0.25, 0.3) is 0 Å². The van der Waals surface area contributed by atoms with E-state index in [1.54, 1.807) is 12.3 Å². The van der Waals surface area contributed by atoms with Gasteiger partial charge in [0, 0.05) is 38.1 Å². The number of nitrogens with one attached hydrogen (secondary N) is 2. The number of H-pyrrole nitrogens is 1. The smallest absolute Gasteiger partial charge is 0.123 e. The molecule has 0 aliphatic carbocycles. The van der Waals surface area contributed by atoms with Crippen LogP contribution in [0.15, 0.2) is 54.9 Å². The van der Waals surface area contributed by atoms with E-state index >= 15 is 0 Å². The fourth-order valence-corrected chi connectivity index (χ4v) is 3.85. The monoisotopic (exact) mass is 382 g/mol. The highest BCUT2D eigenvalue weighted by Crippen LogP contribution is 2.26. The van der Waals surface area contributed by atoms with Gasteiger partial charge in [0.15, 0.2) is 0 Å². The van der Waals surface area contributed by atoms with Gasteiger partial charge >= 0.3 is 0 Å². The number of fused-ring (bicyclic) bond motifs is 1. The highest BCUT2D eigenvalue weighted by atomic mass is 19.1. The number of aromatic nitrogens is 2. The summed E-state index contributed by atoms with van der Waals surface area (Å²) in [6.07, 6.45) is 5.17. The Labute approximate surface area is 163 Å². The van der Waals surface area contributed by atoms with Crippen LogP contribution in [0.4, 0.5) is 8.78 Å². The second kappa shape index (κ2) is 8.63. The molecule has 28 heavy (non-hydrogen) atoms. The molecule has 2 N–H and O–H groups in total. The van der Waals surface area contributed by atoms with E-state index in [-0.39, 0.29) is 17.7 Å². The molecule has 0 bridgehead atoms. The number of hydrogen-bond donors (Lipinski definition) is 2. The SMILES string of the molecule is Fc1ccc(CC2Cc3cc(F)ccc3CN2CCNCc2ncc[nH]2)cc1. The zero-order valence-electron chi connectivity index (χ0n) is 15.7. The molecule has 0 saturated carbocycles. The number of halogens is 2. The lowest BCUT2D eigenvalue weighted by Crippen LogP contribution is -2.44. The second-order valence-corrected chi connectivity index (χ2v) is 7.28. The largest absolute Gasteiger partial charge is 0.348 e. The predicted octanol–water partition coefficient (Wildman–Crippen LogP) is 3.45. The van der Waals surface area contributed by atoms with Crippen molar-refractivity contribution in [2.45, 2.75) is 32.0 Å². The van der Waals surface area contributed by atoms with E-state index in [2.05, 4.69) is 20.2 Å². The van der Waals surface area contributed by atoms with Crippen molar-refractivity contribution in [3.8, 4) is 0 Å². The standard InChI is InChI=1S/C22H24F2N4/c23-19-4-1-16(2-5-19)11-21-13-18-12-20(24)6-3-17(18)15-28(21)10-9-25-14-22-26-7-8-27-22/h1-8,12,21,25H,9-11,13-15H2,(H,26,27). The quantitative estimate of drug-likeness (QED) is 0.615. The molecule has 1 aromatic heterocycles. The van der Waals surface area contributed by atoms with Crippen molar-refractivity contribution in [2.75, 3.05) is 13.1 Å². The summed E-state index contributed by atoms with van der Waals surface area (Å²) in [5.74, 6) is 0.508. The molecule has 4 rings (SSSR count). The molecule has 1 unspecified atom stereocenters. The molecule has 2 heterocycles. The Morgan fingerprint density at radius 1 is 1.07 bits per heavy atom. The van der Waals surface area contributed by atoms with Gasteiger partial charge in [0.1, 0.15) is 17.5 Å².